The maximum absolute atomic E-state index is 5.76. The number of aryl methyl sites for hydroxylation is 1. The first-order valence-electron chi connectivity index (χ1n) is 12.7. The Morgan fingerprint density at radius 3 is 2.46 bits per heavy atom. The van der Waals surface area contributed by atoms with Gasteiger partial charge in [-0.1, -0.05) is 26.0 Å². The molecule has 9 heteroatoms. The Bertz CT molecular complexity index is 1380. The number of thioether (sulfide) groups is 1. The lowest BCUT2D eigenvalue weighted by molar-refractivity contribution is 0.312. The zero-order valence-electron chi connectivity index (χ0n) is 22.2. The molecule has 1 aliphatic rings. The molecule has 1 aliphatic heterocycles. The van der Waals surface area contributed by atoms with Gasteiger partial charge in [-0.15, -0.1) is 11.8 Å². The molecule has 2 aromatic carbocycles. The smallest absolute Gasteiger partial charge is 0.229 e. The third-order valence-corrected chi connectivity index (χ3v) is 7.60. The number of nitrogens with zero attached hydrogens (tertiary/aromatic N) is 5. The van der Waals surface area contributed by atoms with Crippen LogP contribution in [0.3, 0.4) is 0 Å². The summed E-state index contributed by atoms with van der Waals surface area (Å²) in [7, 11) is 5.88. The number of hydrogen-bond acceptors (Lipinski definition) is 8. The van der Waals surface area contributed by atoms with Crippen LogP contribution in [-0.2, 0) is 7.05 Å². The number of anilines is 5. The Hall–Kier alpha value is -3.43. The molecule has 1 saturated heterocycles. The second kappa shape index (κ2) is 10.9. The van der Waals surface area contributed by atoms with Gasteiger partial charge in [-0.05, 0) is 37.4 Å². The molecule has 0 spiro atoms. The molecule has 0 unspecified atom stereocenters. The number of aromatic nitrogens is 3. The summed E-state index contributed by atoms with van der Waals surface area (Å²) >= 11 is 1.83. The minimum absolute atomic E-state index is 0.474. The summed E-state index contributed by atoms with van der Waals surface area (Å²) in [5.41, 5.74) is 4.84. The van der Waals surface area contributed by atoms with Gasteiger partial charge in [0.05, 0.1) is 24.0 Å². The molecule has 2 aromatic heterocycles. The number of piperazine rings is 1. The second-order valence-electron chi connectivity index (χ2n) is 9.64. The van der Waals surface area contributed by atoms with Crippen molar-refractivity contribution in [3.05, 3.63) is 54.7 Å². The van der Waals surface area contributed by atoms with Crippen LogP contribution in [0, 0.1) is 0 Å². The van der Waals surface area contributed by atoms with E-state index < -0.39 is 0 Å². The minimum atomic E-state index is 0.474. The number of ether oxygens (including phenoxy) is 1. The standard InChI is InChI=1S/C28H35N7OS/c1-19(2)37-25-9-7-6-8-22(25)29-27-26-23(12-13-34(26)4)31-28(32-27)30-21-11-10-20(18-24(21)36-5)35-16-14-33(3)15-17-35/h6-13,18-19H,14-17H2,1-5H3,(H2,29,30,31,32). The molecule has 0 aliphatic carbocycles. The quantitative estimate of drug-likeness (QED) is 0.288. The molecule has 194 valence electrons. The third-order valence-electron chi connectivity index (χ3n) is 6.52. The summed E-state index contributed by atoms with van der Waals surface area (Å²) in [4.78, 5) is 15.6. The lowest BCUT2D eigenvalue weighted by Gasteiger charge is -2.34. The van der Waals surface area contributed by atoms with Crippen molar-refractivity contribution in [3.8, 4) is 5.75 Å². The van der Waals surface area contributed by atoms with Gasteiger partial charge < -0.3 is 29.7 Å². The van der Waals surface area contributed by atoms with E-state index in [2.05, 4.69) is 71.7 Å². The van der Waals surface area contributed by atoms with E-state index >= 15 is 0 Å². The molecule has 1 fully saturated rings. The largest absolute Gasteiger partial charge is 0.494 e. The molecule has 5 rings (SSSR count). The van der Waals surface area contributed by atoms with Gasteiger partial charge in [0.15, 0.2) is 5.82 Å². The summed E-state index contributed by atoms with van der Waals surface area (Å²) in [6.07, 6.45) is 2.01. The molecule has 0 atom stereocenters. The number of para-hydroxylation sites is 1. The fourth-order valence-corrected chi connectivity index (χ4v) is 5.47. The molecule has 0 amide bonds. The third kappa shape index (κ3) is 5.62. The van der Waals surface area contributed by atoms with Crippen molar-refractivity contribution in [2.75, 3.05) is 55.9 Å². The topological polar surface area (TPSA) is 70.5 Å². The number of methoxy groups -OCH3 is 1. The Kier molecular flexibility index (Phi) is 7.43. The summed E-state index contributed by atoms with van der Waals surface area (Å²) < 4.78 is 7.81. The molecule has 0 radical (unpaired) electrons. The minimum Gasteiger partial charge on any atom is -0.494 e. The highest BCUT2D eigenvalue weighted by molar-refractivity contribution is 8.00. The van der Waals surface area contributed by atoms with E-state index in [1.807, 2.05) is 47.8 Å². The van der Waals surface area contributed by atoms with Gasteiger partial charge >= 0.3 is 0 Å². The monoisotopic (exact) mass is 517 g/mol. The first-order chi connectivity index (χ1) is 17.9. The van der Waals surface area contributed by atoms with Gasteiger partial charge in [0.25, 0.3) is 0 Å². The molecule has 0 saturated carbocycles. The van der Waals surface area contributed by atoms with Crippen LogP contribution >= 0.6 is 11.8 Å². The van der Waals surface area contributed by atoms with Crippen molar-refractivity contribution in [2.24, 2.45) is 7.05 Å². The lowest BCUT2D eigenvalue weighted by atomic mass is 10.2. The Morgan fingerprint density at radius 2 is 1.70 bits per heavy atom. The van der Waals surface area contributed by atoms with Gasteiger partial charge in [0, 0.05) is 61.3 Å². The van der Waals surface area contributed by atoms with Crippen LogP contribution in [0.25, 0.3) is 11.0 Å². The molecule has 8 nitrogen and oxygen atoms in total. The van der Waals surface area contributed by atoms with Gasteiger partial charge in [0.1, 0.15) is 11.3 Å². The fraction of sp³-hybridized carbons (Fsp3) is 0.357. The van der Waals surface area contributed by atoms with E-state index in [1.165, 1.54) is 4.90 Å². The van der Waals surface area contributed by atoms with E-state index in [1.54, 1.807) is 7.11 Å². The highest BCUT2D eigenvalue weighted by Gasteiger charge is 2.18. The lowest BCUT2D eigenvalue weighted by Crippen LogP contribution is -2.44. The molecular weight excluding hydrogens is 482 g/mol. The maximum atomic E-state index is 5.76. The zero-order chi connectivity index (χ0) is 25.9. The van der Waals surface area contributed by atoms with Crippen LogP contribution in [0.2, 0.25) is 0 Å². The molecular formula is C28H35N7OS. The Balaban J connectivity index is 1.46. The summed E-state index contributed by atoms with van der Waals surface area (Å²) in [5, 5.41) is 7.46. The summed E-state index contributed by atoms with van der Waals surface area (Å²) in [6, 6.07) is 16.6. The van der Waals surface area contributed by atoms with Crippen LogP contribution in [0.4, 0.5) is 28.8 Å². The number of fused-ring (bicyclic) bond motifs is 1. The number of benzene rings is 2. The number of hydrogen-bond donors (Lipinski definition) is 2. The molecule has 0 bridgehead atoms. The molecule has 3 heterocycles. The van der Waals surface area contributed by atoms with Crippen molar-refractivity contribution in [1.82, 2.24) is 19.4 Å². The Labute approximate surface area is 223 Å². The van der Waals surface area contributed by atoms with Crippen LogP contribution in [-0.4, -0.2) is 65.0 Å². The first kappa shape index (κ1) is 25.2. The predicted molar refractivity (Wildman–Crippen MR) is 155 cm³/mol. The SMILES string of the molecule is COc1cc(N2CCN(C)CC2)ccc1Nc1nc(Nc2ccccc2SC(C)C)c2c(ccn2C)n1. The van der Waals surface area contributed by atoms with Crippen molar-refractivity contribution in [3.63, 3.8) is 0 Å². The summed E-state index contributed by atoms with van der Waals surface area (Å²) in [6.45, 7) is 8.53. The first-order valence-corrected chi connectivity index (χ1v) is 13.5. The normalized spacial score (nSPS) is 14.4. The van der Waals surface area contributed by atoms with Crippen LogP contribution < -0.4 is 20.3 Å². The fourth-order valence-electron chi connectivity index (χ4n) is 4.56. The average molecular weight is 518 g/mol. The molecule has 4 aromatic rings. The van der Waals surface area contributed by atoms with E-state index in [0.717, 1.165) is 65.8 Å². The average Bonchev–Trinajstić information content (AvgIpc) is 3.26. The number of likely N-dealkylation sites (N-methyl/N-ethyl adjacent to an activating group) is 1. The van der Waals surface area contributed by atoms with Crippen molar-refractivity contribution < 1.29 is 4.74 Å². The Morgan fingerprint density at radius 1 is 0.919 bits per heavy atom. The second-order valence-corrected chi connectivity index (χ2v) is 11.3. The van der Waals surface area contributed by atoms with E-state index in [-0.39, 0.29) is 0 Å². The maximum Gasteiger partial charge on any atom is 0.229 e. The van der Waals surface area contributed by atoms with Gasteiger partial charge in [-0.25, -0.2) is 4.98 Å². The van der Waals surface area contributed by atoms with Crippen LogP contribution in [0.1, 0.15) is 13.8 Å². The highest BCUT2D eigenvalue weighted by Crippen LogP contribution is 2.35. The highest BCUT2D eigenvalue weighted by atomic mass is 32.2. The summed E-state index contributed by atoms with van der Waals surface area (Å²) in [5.74, 6) is 2.03. The van der Waals surface area contributed by atoms with Gasteiger partial charge in [0.2, 0.25) is 5.95 Å². The van der Waals surface area contributed by atoms with Crippen molar-refractivity contribution in [2.45, 2.75) is 24.0 Å². The predicted octanol–water partition coefficient (Wildman–Crippen LogP) is 5.72. The zero-order valence-corrected chi connectivity index (χ0v) is 23.0. The molecule has 37 heavy (non-hydrogen) atoms. The van der Waals surface area contributed by atoms with Gasteiger partial charge in [-0.2, -0.15) is 4.98 Å². The van der Waals surface area contributed by atoms with Crippen LogP contribution in [0.15, 0.2) is 59.6 Å². The van der Waals surface area contributed by atoms with E-state index in [0.29, 0.717) is 11.2 Å². The number of nitrogens with one attached hydrogen (secondary N) is 2. The van der Waals surface area contributed by atoms with Crippen molar-refractivity contribution >= 4 is 51.6 Å². The number of rotatable bonds is 8. The van der Waals surface area contributed by atoms with Crippen LogP contribution in [0.5, 0.6) is 5.75 Å². The van der Waals surface area contributed by atoms with Gasteiger partial charge in [-0.3, -0.25) is 0 Å². The van der Waals surface area contributed by atoms with E-state index in [4.69, 9.17) is 14.7 Å². The molecule has 2 N–H and O–H groups in total. The van der Waals surface area contributed by atoms with E-state index in [9.17, 15) is 0 Å². The van der Waals surface area contributed by atoms with Crippen molar-refractivity contribution in [1.29, 1.82) is 0 Å².